The molecule has 0 aliphatic carbocycles. The van der Waals surface area contributed by atoms with Crippen LogP contribution in [0, 0.1) is 6.92 Å². The highest BCUT2D eigenvalue weighted by atomic mass is 16.5. The highest BCUT2D eigenvalue weighted by Crippen LogP contribution is 2.24. The van der Waals surface area contributed by atoms with Gasteiger partial charge in [-0.25, -0.2) is 0 Å². The molecular formula is C42H47N6O+. The number of H-pyrrole nitrogens is 4. The maximum atomic E-state index is 6.19. The van der Waals surface area contributed by atoms with Gasteiger partial charge < -0.3 is 34.1 Å². The fourth-order valence-corrected chi connectivity index (χ4v) is 6.52. The van der Waals surface area contributed by atoms with Crippen LogP contribution in [0.2, 0.25) is 0 Å². The first kappa shape index (κ1) is 32.3. The monoisotopic (exact) mass is 651 g/mol. The fourth-order valence-electron chi connectivity index (χ4n) is 6.52. The van der Waals surface area contributed by atoms with Crippen LogP contribution in [0.5, 0.6) is 5.75 Å². The van der Waals surface area contributed by atoms with Crippen molar-refractivity contribution < 1.29 is 9.22 Å². The molecule has 2 aromatic carbocycles. The minimum absolute atomic E-state index is 0.705. The molecule has 0 saturated carbocycles. The van der Waals surface area contributed by atoms with E-state index in [1.807, 2.05) is 0 Å². The molecule has 8 bridgehead atoms. The van der Waals surface area contributed by atoms with Crippen LogP contribution in [-0.2, 0) is 0 Å². The van der Waals surface area contributed by atoms with E-state index in [1.165, 1.54) is 5.56 Å². The van der Waals surface area contributed by atoms with Crippen LogP contribution in [0.25, 0.3) is 23.3 Å². The van der Waals surface area contributed by atoms with Crippen molar-refractivity contribution in [3.8, 4) is 5.75 Å². The average Bonchev–Trinajstić information content (AvgIpc) is 3.91. The van der Waals surface area contributed by atoms with E-state index in [4.69, 9.17) is 4.74 Å². The number of hydrogen-bond donors (Lipinski definition) is 4. The molecule has 4 aromatic heterocycles. The second kappa shape index (κ2) is 13.7. The molecule has 250 valence electrons. The minimum atomic E-state index is 0.705. The molecule has 1 aliphatic heterocycles. The Bertz CT molecular complexity index is 2290. The predicted molar refractivity (Wildman–Crippen MR) is 200 cm³/mol. The van der Waals surface area contributed by atoms with E-state index in [2.05, 4.69) is 169 Å². The summed E-state index contributed by atoms with van der Waals surface area (Å²) < 4.78 is 7.18. The molecular weight excluding hydrogens is 605 g/mol. The van der Waals surface area contributed by atoms with Crippen LogP contribution in [0.15, 0.2) is 97.1 Å². The second-order valence-corrected chi connectivity index (χ2v) is 14.1. The van der Waals surface area contributed by atoms with E-state index in [-0.39, 0.29) is 0 Å². The number of benzene rings is 2. The zero-order valence-corrected chi connectivity index (χ0v) is 29.2. The lowest BCUT2D eigenvalue weighted by atomic mass is 10.0. The molecule has 0 atom stereocenters. The molecule has 7 nitrogen and oxygen atoms in total. The molecule has 0 spiro atoms. The van der Waals surface area contributed by atoms with Gasteiger partial charge in [0.15, 0.2) is 0 Å². The molecule has 0 fully saturated rings. The zero-order chi connectivity index (χ0) is 34.0. The third kappa shape index (κ3) is 7.59. The first-order chi connectivity index (χ1) is 23.7. The van der Waals surface area contributed by atoms with Crippen molar-refractivity contribution in [2.75, 3.05) is 54.4 Å². The summed E-state index contributed by atoms with van der Waals surface area (Å²) in [7, 11) is 8.85. The van der Waals surface area contributed by atoms with Gasteiger partial charge in [0.2, 0.25) is 0 Å². The van der Waals surface area contributed by atoms with Crippen molar-refractivity contribution in [1.29, 1.82) is 0 Å². The molecule has 0 saturated heterocycles. The van der Waals surface area contributed by atoms with E-state index in [0.29, 0.717) is 6.61 Å². The van der Waals surface area contributed by atoms with Crippen molar-refractivity contribution in [1.82, 2.24) is 24.8 Å². The fraction of sp³-hybridized carbons (Fsp3) is 0.238. The van der Waals surface area contributed by atoms with Crippen LogP contribution in [0.1, 0.15) is 45.9 Å². The normalized spacial score (nSPS) is 13.0. The predicted octanol–water partition coefficient (Wildman–Crippen LogP) is 4.18. The molecule has 5 heterocycles. The summed E-state index contributed by atoms with van der Waals surface area (Å²) >= 11 is 0. The number of rotatable bonds is 10. The molecule has 7 rings (SSSR count). The van der Waals surface area contributed by atoms with E-state index in [0.717, 1.165) is 103 Å². The summed E-state index contributed by atoms with van der Waals surface area (Å²) in [5, 5.41) is 4.16. The van der Waals surface area contributed by atoms with Crippen molar-refractivity contribution in [3.05, 3.63) is 158 Å². The van der Waals surface area contributed by atoms with Gasteiger partial charge in [0.05, 0.1) is 33.8 Å². The van der Waals surface area contributed by atoms with Crippen LogP contribution < -0.4 is 26.1 Å². The number of nitrogens with one attached hydrogen (secondary N) is 4. The first-order valence-corrected chi connectivity index (χ1v) is 17.2. The summed E-state index contributed by atoms with van der Waals surface area (Å²) in [5.74, 6) is 0.893. The highest BCUT2D eigenvalue weighted by molar-refractivity contribution is 5.79. The SMILES string of the molecule is Cc1ccc(C2=c3ccc([nH]3)=Cc3ccc([nH]3)C(c3ccc(OCCC[N+](C)(C)CCN(C)C)cc3)=c3ccc([nH]3)=Cc3ccc2[nH]3)cc1. The topological polar surface area (TPSA) is 75.6 Å². The summed E-state index contributed by atoms with van der Waals surface area (Å²) in [5.41, 5.74) is 9.91. The second-order valence-electron chi connectivity index (χ2n) is 14.1. The smallest absolute Gasteiger partial charge is 0.119 e. The Labute approximate surface area is 288 Å². The average molecular weight is 652 g/mol. The van der Waals surface area contributed by atoms with E-state index >= 15 is 0 Å². The van der Waals surface area contributed by atoms with Gasteiger partial charge in [0.1, 0.15) is 5.75 Å². The maximum absolute atomic E-state index is 6.19. The number of aryl methyl sites for hydroxylation is 1. The number of aromatic nitrogens is 4. The van der Waals surface area contributed by atoms with Gasteiger partial charge in [-0.3, -0.25) is 0 Å². The van der Waals surface area contributed by atoms with Gasteiger partial charge in [0, 0.05) is 68.3 Å². The number of aromatic amines is 4. The summed E-state index contributed by atoms with van der Waals surface area (Å²) in [6.45, 7) is 6.12. The molecule has 7 heteroatoms. The number of ether oxygens (including phenoxy) is 1. The number of nitrogens with zero attached hydrogens (tertiary/aromatic N) is 2. The molecule has 4 N–H and O–H groups in total. The van der Waals surface area contributed by atoms with Crippen molar-refractivity contribution in [2.24, 2.45) is 0 Å². The van der Waals surface area contributed by atoms with Crippen LogP contribution in [0.4, 0.5) is 0 Å². The Morgan fingerprint density at radius 1 is 0.592 bits per heavy atom. The van der Waals surface area contributed by atoms with Gasteiger partial charge in [0.25, 0.3) is 0 Å². The zero-order valence-electron chi connectivity index (χ0n) is 29.2. The Morgan fingerprint density at radius 2 is 1.12 bits per heavy atom. The van der Waals surface area contributed by atoms with Crippen LogP contribution in [0.3, 0.4) is 0 Å². The summed E-state index contributed by atoms with van der Waals surface area (Å²) in [4.78, 5) is 17.0. The lowest BCUT2D eigenvalue weighted by molar-refractivity contribution is -0.890. The molecule has 1 aliphatic rings. The largest absolute Gasteiger partial charge is 0.493 e. The van der Waals surface area contributed by atoms with E-state index < -0.39 is 0 Å². The molecule has 49 heavy (non-hydrogen) atoms. The van der Waals surface area contributed by atoms with Gasteiger partial charge in [-0.15, -0.1) is 0 Å². The lowest BCUT2D eigenvalue weighted by Gasteiger charge is -2.31. The quantitative estimate of drug-likeness (QED) is 0.132. The van der Waals surface area contributed by atoms with Crippen molar-refractivity contribution >= 4 is 23.3 Å². The highest BCUT2D eigenvalue weighted by Gasteiger charge is 2.15. The number of quaternary nitrogens is 1. The van der Waals surface area contributed by atoms with Gasteiger partial charge in [-0.1, -0.05) is 42.0 Å². The van der Waals surface area contributed by atoms with Gasteiger partial charge >= 0.3 is 0 Å². The molecule has 0 unspecified atom stereocenters. The molecule has 6 aromatic rings. The van der Waals surface area contributed by atoms with Crippen molar-refractivity contribution in [3.63, 3.8) is 0 Å². The summed E-state index contributed by atoms with van der Waals surface area (Å²) in [6, 6.07) is 34.4. The van der Waals surface area contributed by atoms with Gasteiger partial charge in [-0.05, 0) is 105 Å². The molecule has 0 amide bonds. The number of fused-ring (bicyclic) bond motifs is 8. The first-order valence-electron chi connectivity index (χ1n) is 17.2. The van der Waals surface area contributed by atoms with E-state index in [1.54, 1.807) is 0 Å². The standard InChI is InChI=1S/C42H47N6O/c1-29-7-9-30(10-8-29)41-37-19-13-32(43-37)27-34-15-21-39(45-34)42(40-22-16-35(46-40)28-33-14-20-38(41)44-33)31-11-17-36(18-12-31)49-26-6-24-48(4,5)25-23-47(2)3/h7-22,27-28,43-46H,6,23-26H2,1-5H3/q+1. The molecule has 0 radical (unpaired) electrons. The number of likely N-dealkylation sites (N-methyl/N-ethyl adjacent to an activating group) is 2. The summed E-state index contributed by atoms with van der Waals surface area (Å²) in [6.07, 6.45) is 5.34. The Hall–Kier alpha value is -5.24. The third-order valence-corrected chi connectivity index (χ3v) is 9.35. The Balaban J connectivity index is 1.22. The minimum Gasteiger partial charge on any atom is -0.493 e. The van der Waals surface area contributed by atoms with Crippen LogP contribution >= 0.6 is 0 Å². The van der Waals surface area contributed by atoms with E-state index in [9.17, 15) is 0 Å². The third-order valence-electron chi connectivity index (χ3n) is 9.35. The Morgan fingerprint density at radius 3 is 1.65 bits per heavy atom. The lowest BCUT2D eigenvalue weighted by Crippen LogP contribution is -2.45. The number of hydrogen-bond acceptors (Lipinski definition) is 2. The van der Waals surface area contributed by atoms with Gasteiger partial charge in [-0.2, -0.15) is 0 Å². The van der Waals surface area contributed by atoms with Crippen molar-refractivity contribution in [2.45, 2.75) is 13.3 Å². The van der Waals surface area contributed by atoms with Crippen LogP contribution in [-0.4, -0.2) is 83.8 Å². The Kier molecular flexibility index (Phi) is 9.04. The maximum Gasteiger partial charge on any atom is 0.119 e.